The second kappa shape index (κ2) is 8.10. The topological polar surface area (TPSA) is 85.3 Å². The fourth-order valence-electron chi connectivity index (χ4n) is 3.46. The third-order valence-electron chi connectivity index (χ3n) is 4.83. The monoisotopic (exact) mass is 400 g/mol. The van der Waals surface area contributed by atoms with Gasteiger partial charge >= 0.3 is 5.97 Å². The Morgan fingerprint density at radius 3 is 2.53 bits per heavy atom. The van der Waals surface area contributed by atoms with Gasteiger partial charge in [-0.15, -0.1) is 0 Å². The first-order chi connectivity index (χ1) is 14.6. The third kappa shape index (κ3) is 3.74. The molecule has 0 radical (unpaired) electrons. The van der Waals surface area contributed by atoms with Crippen LogP contribution in [-0.2, 0) is 11.2 Å². The van der Waals surface area contributed by atoms with E-state index in [0.717, 1.165) is 5.56 Å². The molecule has 1 heterocycles. The number of nitrogens with two attached hydrogens (primary N) is 1. The highest BCUT2D eigenvalue weighted by Crippen LogP contribution is 2.44. The Kier molecular flexibility index (Phi) is 5.19. The van der Waals surface area contributed by atoms with Gasteiger partial charge in [-0.25, -0.2) is 4.39 Å². The van der Waals surface area contributed by atoms with Gasteiger partial charge in [0.05, 0.1) is 12.3 Å². The maximum atomic E-state index is 14.5. The Balaban J connectivity index is 1.65. The number of esters is 1. The number of hydrogen-bond donors (Lipinski definition) is 1. The first-order valence-electron chi connectivity index (χ1n) is 9.27. The molecule has 0 amide bonds. The van der Waals surface area contributed by atoms with Gasteiger partial charge in [-0.05, 0) is 17.7 Å². The van der Waals surface area contributed by atoms with Crippen molar-refractivity contribution in [3.63, 3.8) is 0 Å². The van der Waals surface area contributed by atoms with Crippen molar-refractivity contribution in [2.24, 2.45) is 5.73 Å². The number of fused-ring (bicyclic) bond motifs is 1. The van der Waals surface area contributed by atoms with E-state index in [1.165, 1.54) is 12.1 Å². The Labute approximate surface area is 172 Å². The summed E-state index contributed by atoms with van der Waals surface area (Å²) in [6.45, 7) is 0. The van der Waals surface area contributed by atoms with Crippen LogP contribution in [0.3, 0.4) is 0 Å². The molecule has 0 saturated carbocycles. The number of allylic oxidation sites excluding steroid dienone is 1. The van der Waals surface area contributed by atoms with Gasteiger partial charge < -0.3 is 15.2 Å². The highest BCUT2D eigenvalue weighted by molar-refractivity contribution is 5.75. The molecule has 1 aliphatic rings. The number of carbonyl (C=O) groups is 1. The Hall–Kier alpha value is -4.11. The molecule has 148 valence electrons. The first-order valence-corrected chi connectivity index (χ1v) is 9.27. The predicted octanol–water partition coefficient (Wildman–Crippen LogP) is 4.19. The van der Waals surface area contributed by atoms with Crippen LogP contribution in [0.1, 0.15) is 22.6 Å². The van der Waals surface area contributed by atoms with Gasteiger partial charge in [0, 0.05) is 17.2 Å². The van der Waals surface area contributed by atoms with Crippen molar-refractivity contribution in [1.29, 1.82) is 5.26 Å². The molecular weight excluding hydrogens is 383 g/mol. The summed E-state index contributed by atoms with van der Waals surface area (Å²) in [7, 11) is 0. The van der Waals surface area contributed by atoms with Crippen LogP contribution in [0.2, 0.25) is 0 Å². The Morgan fingerprint density at radius 1 is 1.07 bits per heavy atom. The summed E-state index contributed by atoms with van der Waals surface area (Å²) in [4.78, 5) is 12.3. The van der Waals surface area contributed by atoms with E-state index in [0.29, 0.717) is 16.9 Å². The van der Waals surface area contributed by atoms with Gasteiger partial charge in [0.2, 0.25) is 5.88 Å². The van der Waals surface area contributed by atoms with Crippen LogP contribution < -0.4 is 15.2 Å². The van der Waals surface area contributed by atoms with Crippen LogP contribution in [-0.4, -0.2) is 5.97 Å². The van der Waals surface area contributed by atoms with Crippen molar-refractivity contribution in [3.05, 3.63) is 107 Å². The molecule has 0 spiro atoms. The first kappa shape index (κ1) is 19.2. The van der Waals surface area contributed by atoms with Gasteiger partial charge in [-0.2, -0.15) is 5.26 Å². The van der Waals surface area contributed by atoms with Crippen molar-refractivity contribution >= 4 is 5.97 Å². The van der Waals surface area contributed by atoms with E-state index in [1.807, 2.05) is 36.4 Å². The molecule has 30 heavy (non-hydrogen) atoms. The van der Waals surface area contributed by atoms with Crippen LogP contribution in [0, 0.1) is 17.1 Å². The molecular formula is C24H17FN2O3. The summed E-state index contributed by atoms with van der Waals surface area (Å²) in [6, 6.07) is 22.2. The molecule has 2 N–H and O–H groups in total. The minimum atomic E-state index is -0.714. The van der Waals surface area contributed by atoms with Crippen molar-refractivity contribution in [2.45, 2.75) is 12.3 Å². The molecule has 0 saturated heterocycles. The lowest BCUT2D eigenvalue weighted by molar-refractivity contribution is -0.133. The van der Waals surface area contributed by atoms with E-state index in [9.17, 15) is 14.4 Å². The van der Waals surface area contributed by atoms with Gasteiger partial charge in [0.15, 0.2) is 0 Å². The molecule has 3 aromatic carbocycles. The van der Waals surface area contributed by atoms with Crippen LogP contribution in [0.5, 0.6) is 11.5 Å². The number of nitrogens with zero attached hydrogens (tertiary/aromatic N) is 1. The molecule has 4 rings (SSSR count). The molecule has 6 heteroatoms. The fraction of sp³-hybridized carbons (Fsp3) is 0.0833. The molecule has 0 aliphatic carbocycles. The SMILES string of the molecule is N#CC1=C(N)Oc2cc(OC(=O)Cc3ccccc3)ccc2C1c1ccccc1F. The van der Waals surface area contributed by atoms with Crippen molar-refractivity contribution in [2.75, 3.05) is 0 Å². The number of ether oxygens (including phenoxy) is 2. The second-order valence-electron chi connectivity index (χ2n) is 6.78. The predicted molar refractivity (Wildman–Crippen MR) is 108 cm³/mol. The molecule has 1 aliphatic heterocycles. The molecule has 0 fully saturated rings. The van der Waals surface area contributed by atoms with Gasteiger partial charge in [-0.1, -0.05) is 54.6 Å². The number of benzene rings is 3. The zero-order chi connectivity index (χ0) is 21.1. The average Bonchev–Trinajstić information content (AvgIpc) is 2.74. The second-order valence-corrected chi connectivity index (χ2v) is 6.78. The van der Waals surface area contributed by atoms with Crippen LogP contribution >= 0.6 is 0 Å². The van der Waals surface area contributed by atoms with E-state index in [2.05, 4.69) is 0 Å². The summed E-state index contributed by atoms with van der Waals surface area (Å²) < 4.78 is 25.5. The fourth-order valence-corrected chi connectivity index (χ4v) is 3.46. The molecule has 5 nitrogen and oxygen atoms in total. The van der Waals surface area contributed by atoms with E-state index < -0.39 is 17.7 Å². The highest BCUT2D eigenvalue weighted by Gasteiger charge is 2.32. The number of halogens is 1. The quantitative estimate of drug-likeness (QED) is 0.524. The maximum Gasteiger partial charge on any atom is 0.315 e. The zero-order valence-electron chi connectivity index (χ0n) is 15.8. The number of carbonyl (C=O) groups excluding carboxylic acids is 1. The summed E-state index contributed by atoms with van der Waals surface area (Å²) in [6.07, 6.45) is 0.122. The van der Waals surface area contributed by atoms with E-state index in [1.54, 1.807) is 30.3 Å². The Bertz CT molecular complexity index is 1180. The number of nitriles is 1. The van der Waals surface area contributed by atoms with E-state index in [4.69, 9.17) is 15.2 Å². The molecule has 3 aromatic rings. The normalized spacial score (nSPS) is 15.0. The minimum Gasteiger partial charge on any atom is -0.440 e. The maximum absolute atomic E-state index is 14.5. The van der Waals surface area contributed by atoms with Crippen molar-refractivity contribution in [3.8, 4) is 17.6 Å². The average molecular weight is 400 g/mol. The van der Waals surface area contributed by atoms with Crippen LogP contribution in [0.4, 0.5) is 4.39 Å². The lowest BCUT2D eigenvalue weighted by atomic mass is 9.83. The lowest BCUT2D eigenvalue weighted by Crippen LogP contribution is -2.22. The highest BCUT2D eigenvalue weighted by atomic mass is 19.1. The van der Waals surface area contributed by atoms with Gasteiger partial charge in [0.25, 0.3) is 0 Å². The number of rotatable bonds is 4. The minimum absolute atomic E-state index is 0.106. The summed E-state index contributed by atoms with van der Waals surface area (Å²) in [5, 5.41) is 9.56. The molecule has 1 unspecified atom stereocenters. The van der Waals surface area contributed by atoms with Gasteiger partial charge in [-0.3, -0.25) is 4.79 Å². The van der Waals surface area contributed by atoms with Crippen LogP contribution in [0.15, 0.2) is 84.3 Å². The smallest absolute Gasteiger partial charge is 0.315 e. The van der Waals surface area contributed by atoms with Gasteiger partial charge in [0.1, 0.15) is 29.0 Å². The largest absolute Gasteiger partial charge is 0.440 e. The summed E-state index contributed by atoms with van der Waals surface area (Å²) in [5.74, 6) is -1.11. The van der Waals surface area contributed by atoms with E-state index in [-0.39, 0.29) is 23.6 Å². The lowest BCUT2D eigenvalue weighted by Gasteiger charge is -2.27. The summed E-state index contributed by atoms with van der Waals surface area (Å²) in [5.41, 5.74) is 7.78. The molecule has 0 bridgehead atoms. The third-order valence-corrected chi connectivity index (χ3v) is 4.83. The number of hydrogen-bond acceptors (Lipinski definition) is 5. The van der Waals surface area contributed by atoms with Crippen molar-refractivity contribution in [1.82, 2.24) is 0 Å². The zero-order valence-corrected chi connectivity index (χ0v) is 15.8. The van der Waals surface area contributed by atoms with Crippen molar-refractivity contribution < 1.29 is 18.7 Å². The molecule has 1 atom stereocenters. The standard InChI is InChI=1S/C24H17FN2O3/c25-20-9-5-4-8-17(20)23-18-11-10-16(13-21(18)30-24(27)19(23)14-26)29-22(28)12-15-6-2-1-3-7-15/h1-11,13,23H,12,27H2. The summed E-state index contributed by atoms with van der Waals surface area (Å²) >= 11 is 0. The van der Waals surface area contributed by atoms with E-state index >= 15 is 0 Å². The van der Waals surface area contributed by atoms with Crippen LogP contribution in [0.25, 0.3) is 0 Å². The Morgan fingerprint density at radius 2 is 1.80 bits per heavy atom. The molecule has 0 aromatic heterocycles.